The summed E-state index contributed by atoms with van der Waals surface area (Å²) in [4.78, 5) is 19.1. The third-order valence-electron chi connectivity index (χ3n) is 5.12. The molecule has 7 heteroatoms. The molecule has 0 bridgehead atoms. The van der Waals surface area contributed by atoms with Gasteiger partial charge >= 0.3 is 0 Å². The van der Waals surface area contributed by atoms with Crippen molar-refractivity contribution in [1.82, 2.24) is 10.3 Å². The van der Waals surface area contributed by atoms with Crippen LogP contribution in [0, 0.1) is 5.92 Å². The van der Waals surface area contributed by atoms with E-state index in [2.05, 4.69) is 15.2 Å². The van der Waals surface area contributed by atoms with Crippen molar-refractivity contribution in [2.75, 3.05) is 24.5 Å². The van der Waals surface area contributed by atoms with E-state index < -0.39 is 6.10 Å². The summed E-state index contributed by atoms with van der Waals surface area (Å²) in [5.41, 5.74) is 2.30. The van der Waals surface area contributed by atoms with Gasteiger partial charge in [0.15, 0.2) is 5.58 Å². The number of oxazole rings is 1. The molecule has 0 saturated carbocycles. The number of anilines is 1. The van der Waals surface area contributed by atoms with Gasteiger partial charge in [-0.3, -0.25) is 4.79 Å². The van der Waals surface area contributed by atoms with E-state index in [0.717, 1.165) is 23.9 Å². The molecule has 0 radical (unpaired) electrons. The van der Waals surface area contributed by atoms with Crippen LogP contribution in [0.3, 0.4) is 0 Å². The van der Waals surface area contributed by atoms with Crippen molar-refractivity contribution in [3.8, 4) is 0 Å². The lowest BCUT2D eigenvalue weighted by molar-refractivity contribution is -0.126. The summed E-state index contributed by atoms with van der Waals surface area (Å²) in [6.45, 7) is 1.59. The first-order chi connectivity index (χ1) is 13.6. The molecule has 1 amide bonds. The van der Waals surface area contributed by atoms with E-state index in [9.17, 15) is 9.90 Å². The van der Waals surface area contributed by atoms with Crippen molar-refractivity contribution >= 4 is 34.6 Å². The standard InChI is InChI=1S/C21H22ClN3O3/c22-16-5-3-4-15(12-16)18(26)13-23-20(27)14-8-10-25(11-9-14)21-24-17-6-1-2-7-19(17)28-21/h1-7,12,14,18,26H,8-11,13H2,(H,23,27)/t18-/m1/s1. The number of piperidine rings is 1. The number of hydrogen-bond acceptors (Lipinski definition) is 5. The van der Waals surface area contributed by atoms with E-state index in [-0.39, 0.29) is 18.4 Å². The van der Waals surface area contributed by atoms with Crippen LogP contribution >= 0.6 is 11.6 Å². The number of aromatic nitrogens is 1. The van der Waals surface area contributed by atoms with Crippen molar-refractivity contribution in [3.05, 3.63) is 59.1 Å². The van der Waals surface area contributed by atoms with Crippen molar-refractivity contribution in [2.24, 2.45) is 5.92 Å². The maximum Gasteiger partial charge on any atom is 0.298 e. The molecule has 1 fully saturated rings. The van der Waals surface area contributed by atoms with E-state index in [0.29, 0.717) is 29.7 Å². The normalized spacial score (nSPS) is 16.3. The largest absolute Gasteiger partial charge is 0.423 e. The number of aliphatic hydroxyl groups excluding tert-OH is 1. The van der Waals surface area contributed by atoms with Crippen LogP contribution in [0.25, 0.3) is 11.1 Å². The van der Waals surface area contributed by atoms with Crippen LogP contribution in [0.5, 0.6) is 0 Å². The molecular weight excluding hydrogens is 378 g/mol. The summed E-state index contributed by atoms with van der Waals surface area (Å²) >= 11 is 5.95. The van der Waals surface area contributed by atoms with Gasteiger partial charge < -0.3 is 19.7 Å². The fourth-order valence-electron chi connectivity index (χ4n) is 3.50. The molecule has 2 aromatic carbocycles. The molecule has 3 aromatic rings. The van der Waals surface area contributed by atoms with Gasteiger partial charge in [0, 0.05) is 30.6 Å². The number of fused-ring (bicyclic) bond motifs is 1. The molecule has 2 N–H and O–H groups in total. The molecule has 146 valence electrons. The number of rotatable bonds is 5. The topological polar surface area (TPSA) is 78.6 Å². The molecule has 2 heterocycles. The van der Waals surface area contributed by atoms with Crippen LogP contribution < -0.4 is 10.2 Å². The van der Waals surface area contributed by atoms with Gasteiger partial charge in [-0.2, -0.15) is 4.98 Å². The molecular formula is C21H22ClN3O3. The molecule has 0 unspecified atom stereocenters. The Bertz CT molecular complexity index is 933. The van der Waals surface area contributed by atoms with Crippen LogP contribution in [0.2, 0.25) is 5.02 Å². The molecule has 1 aliphatic rings. The Hall–Kier alpha value is -2.57. The van der Waals surface area contributed by atoms with Crippen LogP contribution in [-0.4, -0.2) is 35.6 Å². The first-order valence-corrected chi connectivity index (χ1v) is 9.80. The van der Waals surface area contributed by atoms with Gasteiger partial charge in [0.1, 0.15) is 5.52 Å². The monoisotopic (exact) mass is 399 g/mol. The number of carbonyl (C=O) groups excluding carboxylic acids is 1. The first kappa shape index (κ1) is 18.8. The first-order valence-electron chi connectivity index (χ1n) is 9.42. The maximum absolute atomic E-state index is 12.5. The van der Waals surface area contributed by atoms with E-state index in [1.165, 1.54) is 0 Å². The second kappa shape index (κ2) is 8.20. The zero-order chi connectivity index (χ0) is 19.5. The Morgan fingerprint density at radius 2 is 2.04 bits per heavy atom. The molecule has 4 rings (SSSR count). The summed E-state index contributed by atoms with van der Waals surface area (Å²) in [7, 11) is 0. The minimum atomic E-state index is -0.775. The van der Waals surface area contributed by atoms with Crippen LogP contribution in [-0.2, 0) is 4.79 Å². The van der Waals surface area contributed by atoms with E-state index >= 15 is 0 Å². The minimum Gasteiger partial charge on any atom is -0.423 e. The Balaban J connectivity index is 1.29. The third kappa shape index (κ3) is 4.13. The van der Waals surface area contributed by atoms with Gasteiger partial charge in [-0.25, -0.2) is 0 Å². The van der Waals surface area contributed by atoms with E-state index in [4.69, 9.17) is 16.0 Å². The summed E-state index contributed by atoms with van der Waals surface area (Å²) in [5.74, 6) is -0.106. The zero-order valence-corrected chi connectivity index (χ0v) is 16.1. The molecule has 1 aromatic heterocycles. The van der Waals surface area contributed by atoms with Crippen molar-refractivity contribution in [3.63, 3.8) is 0 Å². The van der Waals surface area contributed by atoms with Crippen LogP contribution in [0.4, 0.5) is 6.01 Å². The minimum absolute atomic E-state index is 0.0294. The smallest absolute Gasteiger partial charge is 0.298 e. The highest BCUT2D eigenvalue weighted by Crippen LogP contribution is 2.26. The molecule has 1 saturated heterocycles. The predicted molar refractivity (Wildman–Crippen MR) is 108 cm³/mol. The highest BCUT2D eigenvalue weighted by molar-refractivity contribution is 6.30. The number of nitrogens with zero attached hydrogens (tertiary/aromatic N) is 2. The Labute approximate surface area is 168 Å². The molecule has 6 nitrogen and oxygen atoms in total. The summed E-state index contributed by atoms with van der Waals surface area (Å²) in [6, 6.07) is 15.3. The van der Waals surface area contributed by atoms with Gasteiger partial charge in [0.2, 0.25) is 5.91 Å². The highest BCUT2D eigenvalue weighted by atomic mass is 35.5. The molecule has 0 spiro atoms. The fourth-order valence-corrected chi connectivity index (χ4v) is 3.70. The number of carbonyl (C=O) groups is 1. The second-order valence-corrected chi connectivity index (χ2v) is 7.48. The van der Waals surface area contributed by atoms with Gasteiger partial charge in [-0.15, -0.1) is 0 Å². The SMILES string of the molecule is O=C(NC[C@@H](O)c1cccc(Cl)c1)C1CCN(c2nc3ccccc3o2)CC1. The summed E-state index contributed by atoms with van der Waals surface area (Å²) in [5, 5.41) is 13.7. The van der Waals surface area contributed by atoms with Crippen LogP contribution in [0.1, 0.15) is 24.5 Å². The van der Waals surface area contributed by atoms with Crippen molar-refractivity contribution < 1.29 is 14.3 Å². The van der Waals surface area contributed by atoms with Gasteiger partial charge in [-0.05, 0) is 42.7 Å². The number of nitrogens with one attached hydrogen (secondary N) is 1. The van der Waals surface area contributed by atoms with Crippen LogP contribution in [0.15, 0.2) is 52.9 Å². The molecule has 1 atom stereocenters. The quantitative estimate of drug-likeness (QED) is 0.686. The molecule has 28 heavy (non-hydrogen) atoms. The lowest BCUT2D eigenvalue weighted by atomic mass is 9.96. The summed E-state index contributed by atoms with van der Waals surface area (Å²) in [6.07, 6.45) is 0.665. The Morgan fingerprint density at radius 3 is 2.79 bits per heavy atom. The number of amides is 1. The van der Waals surface area contributed by atoms with Gasteiger partial charge in [0.25, 0.3) is 6.01 Å². The van der Waals surface area contributed by atoms with E-state index in [1.807, 2.05) is 24.3 Å². The average Bonchev–Trinajstić information content (AvgIpc) is 3.16. The second-order valence-electron chi connectivity index (χ2n) is 7.04. The van der Waals surface area contributed by atoms with Gasteiger partial charge in [-0.1, -0.05) is 35.9 Å². The lowest BCUT2D eigenvalue weighted by Gasteiger charge is -2.30. The number of halogens is 1. The number of para-hydroxylation sites is 2. The molecule has 0 aliphatic carbocycles. The predicted octanol–water partition coefficient (Wildman–Crippen LogP) is 3.55. The van der Waals surface area contributed by atoms with Crippen molar-refractivity contribution in [2.45, 2.75) is 18.9 Å². The third-order valence-corrected chi connectivity index (χ3v) is 5.36. The van der Waals surface area contributed by atoms with Crippen molar-refractivity contribution in [1.29, 1.82) is 0 Å². The van der Waals surface area contributed by atoms with Gasteiger partial charge in [0.05, 0.1) is 6.10 Å². The number of hydrogen-bond donors (Lipinski definition) is 2. The number of benzene rings is 2. The Kier molecular flexibility index (Phi) is 5.50. The average molecular weight is 400 g/mol. The lowest BCUT2D eigenvalue weighted by Crippen LogP contribution is -2.41. The highest BCUT2D eigenvalue weighted by Gasteiger charge is 2.27. The van der Waals surface area contributed by atoms with E-state index in [1.54, 1.807) is 24.3 Å². The molecule has 1 aliphatic heterocycles. The number of aliphatic hydroxyl groups is 1. The Morgan fingerprint density at radius 1 is 1.25 bits per heavy atom. The maximum atomic E-state index is 12.5. The fraction of sp³-hybridized carbons (Fsp3) is 0.333. The zero-order valence-electron chi connectivity index (χ0n) is 15.3. The summed E-state index contributed by atoms with van der Waals surface area (Å²) < 4.78 is 5.81.